The van der Waals surface area contributed by atoms with Gasteiger partial charge in [0.2, 0.25) is 0 Å². The van der Waals surface area contributed by atoms with E-state index in [1.807, 2.05) is 0 Å². The van der Waals surface area contributed by atoms with Gasteiger partial charge < -0.3 is 13.6 Å². The van der Waals surface area contributed by atoms with Crippen molar-refractivity contribution in [2.75, 3.05) is 0 Å². The van der Waals surface area contributed by atoms with E-state index in [2.05, 4.69) is 246 Å². The summed E-state index contributed by atoms with van der Waals surface area (Å²) in [5.74, 6) is 1.76. The fraction of sp³-hybridized carbons (Fsp3) is 0. The van der Waals surface area contributed by atoms with Crippen molar-refractivity contribution in [1.29, 1.82) is 0 Å². The lowest BCUT2D eigenvalue weighted by Crippen LogP contribution is -2.01. The third-order valence-corrected chi connectivity index (χ3v) is 15.1. The Morgan fingerprint density at radius 2 is 0.904 bits per heavy atom. The van der Waals surface area contributed by atoms with Crippen LogP contribution in [-0.4, -0.2) is 24.1 Å². The molecule has 338 valence electrons. The zero-order valence-corrected chi connectivity index (χ0v) is 39.2. The minimum atomic E-state index is 0.569. The maximum absolute atomic E-state index is 7.08. The van der Waals surface area contributed by atoms with E-state index in [0.717, 1.165) is 98.9 Å². The van der Waals surface area contributed by atoms with Crippen molar-refractivity contribution >= 4 is 109 Å². The van der Waals surface area contributed by atoms with Crippen LogP contribution >= 0.6 is 0 Å². The van der Waals surface area contributed by atoms with Gasteiger partial charge in [-0.3, -0.25) is 0 Å². The summed E-state index contributed by atoms with van der Waals surface area (Å²) in [5.41, 5.74) is 10.9. The van der Waals surface area contributed by atoms with Crippen LogP contribution in [0, 0.1) is 0 Å². The summed E-state index contributed by atoms with van der Waals surface area (Å²) in [7, 11) is 0. The van der Waals surface area contributed by atoms with Crippen LogP contribution in [0.5, 0.6) is 0 Å². The quantitative estimate of drug-likeness (QED) is 0.173. The molecule has 4 heterocycles. The minimum absolute atomic E-state index is 0.569. The molecule has 6 heteroatoms. The Hall–Kier alpha value is -9.91. The van der Waals surface area contributed by atoms with Crippen molar-refractivity contribution in [2.24, 2.45) is 0 Å². The molecule has 12 aromatic carbocycles. The highest BCUT2D eigenvalue weighted by Gasteiger charge is 2.25. The van der Waals surface area contributed by atoms with E-state index < -0.39 is 0 Å². The highest BCUT2D eigenvalue weighted by atomic mass is 16.3. The van der Waals surface area contributed by atoms with E-state index in [0.29, 0.717) is 17.5 Å². The lowest BCUT2D eigenvalue weighted by Gasteiger charge is -2.14. The molecule has 0 saturated carbocycles. The SMILES string of the molecule is c1ccc(-n2c3ccccc3c3c(-c4nc(-c5ccc6ccccc6c5)nc(-c5cccc6oc7cc(-n8c9cc%10ccccc%10cc9c9ccc%10ccccc%10c98)c8ccccc8c7c56)n4)cccc32)cc1. The lowest BCUT2D eigenvalue weighted by atomic mass is 9.98. The second-order valence-corrected chi connectivity index (χ2v) is 19.1. The van der Waals surface area contributed by atoms with Gasteiger partial charge in [-0.05, 0) is 80.8 Å². The molecule has 16 rings (SSSR count). The summed E-state index contributed by atoms with van der Waals surface area (Å²) in [5, 5.41) is 15.9. The molecule has 0 bridgehead atoms. The number of benzene rings is 12. The molecule has 0 aliphatic heterocycles. The molecule has 0 N–H and O–H groups in total. The lowest BCUT2D eigenvalue weighted by molar-refractivity contribution is 0.669. The van der Waals surface area contributed by atoms with Crippen LogP contribution in [0.4, 0.5) is 0 Å². The molecule has 0 aliphatic carbocycles. The average Bonchev–Trinajstić information content (AvgIpc) is 4.13. The number of hydrogen-bond acceptors (Lipinski definition) is 4. The predicted molar refractivity (Wildman–Crippen MR) is 302 cm³/mol. The number of nitrogens with zero attached hydrogens (tertiary/aromatic N) is 5. The van der Waals surface area contributed by atoms with Crippen molar-refractivity contribution in [1.82, 2.24) is 24.1 Å². The Labute approximate surface area is 417 Å². The van der Waals surface area contributed by atoms with Crippen molar-refractivity contribution < 1.29 is 4.42 Å². The summed E-state index contributed by atoms with van der Waals surface area (Å²) in [4.78, 5) is 16.3. The Balaban J connectivity index is 0.980. The average molecular weight is 930 g/mol. The number of aromatic nitrogens is 5. The van der Waals surface area contributed by atoms with E-state index in [4.69, 9.17) is 19.4 Å². The molecule has 73 heavy (non-hydrogen) atoms. The third kappa shape index (κ3) is 5.89. The van der Waals surface area contributed by atoms with Crippen LogP contribution < -0.4 is 0 Å². The van der Waals surface area contributed by atoms with E-state index in [-0.39, 0.29) is 0 Å². The molecule has 0 saturated heterocycles. The van der Waals surface area contributed by atoms with Gasteiger partial charge in [0.1, 0.15) is 11.2 Å². The van der Waals surface area contributed by atoms with Crippen LogP contribution in [0.2, 0.25) is 0 Å². The first kappa shape index (κ1) is 39.9. The number of fused-ring (bicyclic) bond motifs is 15. The Morgan fingerprint density at radius 3 is 1.71 bits per heavy atom. The van der Waals surface area contributed by atoms with Gasteiger partial charge in [0.05, 0.1) is 27.8 Å². The van der Waals surface area contributed by atoms with Crippen LogP contribution in [-0.2, 0) is 0 Å². The van der Waals surface area contributed by atoms with Gasteiger partial charge in [-0.2, -0.15) is 0 Å². The maximum Gasteiger partial charge on any atom is 0.164 e. The van der Waals surface area contributed by atoms with Gasteiger partial charge in [-0.1, -0.05) is 182 Å². The fourth-order valence-electron chi connectivity index (χ4n) is 11.9. The molecule has 0 fully saturated rings. The molecule has 0 aliphatic rings. The minimum Gasteiger partial charge on any atom is -0.456 e. The second-order valence-electron chi connectivity index (χ2n) is 19.1. The molecular weight excluding hydrogens is 891 g/mol. The molecule has 0 unspecified atom stereocenters. The number of para-hydroxylation sites is 2. The normalized spacial score (nSPS) is 12.1. The first-order chi connectivity index (χ1) is 36.2. The smallest absolute Gasteiger partial charge is 0.164 e. The standard InChI is InChI=1S/C67H39N5O/c1-2-21-46(22-3-1)71-55-29-13-12-26-51(55)61-52(27-14-30-56(61)71)66-68-65(45-33-32-40-16-4-5-18-42(40)36-45)69-67(70-66)53-28-15-31-59-63(53)62-49-25-11-10-24-48(49)58(39-60(62)73-59)72-57-38-44-20-7-6-19-43(44)37-54(57)50-35-34-41-17-8-9-23-47(41)64(50)72/h1-39H. The highest BCUT2D eigenvalue weighted by Crippen LogP contribution is 2.46. The molecule has 16 aromatic rings. The molecule has 0 amide bonds. The number of furan rings is 1. The van der Waals surface area contributed by atoms with Crippen LogP contribution in [0.1, 0.15) is 0 Å². The molecule has 4 aromatic heterocycles. The maximum atomic E-state index is 7.08. The van der Waals surface area contributed by atoms with E-state index in [1.54, 1.807) is 0 Å². The first-order valence-corrected chi connectivity index (χ1v) is 24.8. The van der Waals surface area contributed by atoms with Gasteiger partial charge >= 0.3 is 0 Å². The monoisotopic (exact) mass is 929 g/mol. The molecule has 0 radical (unpaired) electrons. The summed E-state index contributed by atoms with van der Waals surface area (Å²) in [6.07, 6.45) is 0. The number of rotatable bonds is 5. The molecule has 0 atom stereocenters. The van der Waals surface area contributed by atoms with E-state index >= 15 is 0 Å². The van der Waals surface area contributed by atoms with Crippen molar-refractivity contribution in [3.8, 4) is 45.5 Å². The molecule has 0 spiro atoms. The van der Waals surface area contributed by atoms with Crippen molar-refractivity contribution in [3.05, 3.63) is 237 Å². The fourth-order valence-corrected chi connectivity index (χ4v) is 11.9. The van der Waals surface area contributed by atoms with Crippen LogP contribution in [0.3, 0.4) is 0 Å². The topological polar surface area (TPSA) is 61.7 Å². The molecular formula is C67H39N5O. The Kier molecular flexibility index (Phi) is 8.36. The second kappa shape index (κ2) is 15.3. The summed E-state index contributed by atoms with van der Waals surface area (Å²) in [6.45, 7) is 0. The van der Waals surface area contributed by atoms with Gasteiger partial charge in [-0.25, -0.2) is 15.0 Å². The van der Waals surface area contributed by atoms with Crippen molar-refractivity contribution in [3.63, 3.8) is 0 Å². The van der Waals surface area contributed by atoms with Gasteiger partial charge in [0.15, 0.2) is 17.5 Å². The summed E-state index contributed by atoms with van der Waals surface area (Å²) < 4.78 is 11.9. The zero-order valence-electron chi connectivity index (χ0n) is 39.2. The summed E-state index contributed by atoms with van der Waals surface area (Å²) in [6, 6.07) is 84.4. The van der Waals surface area contributed by atoms with E-state index in [1.165, 1.54) is 37.8 Å². The van der Waals surface area contributed by atoms with Gasteiger partial charge in [0.25, 0.3) is 0 Å². The Morgan fingerprint density at radius 1 is 0.301 bits per heavy atom. The van der Waals surface area contributed by atoms with Gasteiger partial charge in [-0.15, -0.1) is 0 Å². The van der Waals surface area contributed by atoms with Crippen molar-refractivity contribution in [2.45, 2.75) is 0 Å². The van der Waals surface area contributed by atoms with Crippen LogP contribution in [0.25, 0.3) is 154 Å². The predicted octanol–water partition coefficient (Wildman–Crippen LogP) is 17.6. The largest absolute Gasteiger partial charge is 0.456 e. The van der Waals surface area contributed by atoms with E-state index in [9.17, 15) is 0 Å². The zero-order chi connectivity index (χ0) is 47.7. The third-order valence-electron chi connectivity index (χ3n) is 15.1. The Bertz CT molecular complexity index is 4980. The van der Waals surface area contributed by atoms with Crippen LogP contribution in [0.15, 0.2) is 241 Å². The summed E-state index contributed by atoms with van der Waals surface area (Å²) >= 11 is 0. The van der Waals surface area contributed by atoms with Gasteiger partial charge in [0, 0.05) is 71.5 Å². The highest BCUT2D eigenvalue weighted by molar-refractivity contribution is 6.26. The number of hydrogen-bond donors (Lipinski definition) is 0. The first-order valence-electron chi connectivity index (χ1n) is 24.8. The molecule has 6 nitrogen and oxygen atoms in total.